The topological polar surface area (TPSA) is 130 Å². The van der Waals surface area contributed by atoms with Gasteiger partial charge in [0.25, 0.3) is 5.91 Å². The number of aromatic amines is 1. The number of nitrogens with one attached hydrogen (secondary N) is 3. The molecule has 102 valence electrons. The third-order valence-corrected chi connectivity index (χ3v) is 3.70. The van der Waals surface area contributed by atoms with Crippen LogP contribution in [0.5, 0.6) is 0 Å². The molecule has 0 radical (unpaired) electrons. The van der Waals surface area contributed by atoms with Gasteiger partial charge in [-0.2, -0.15) is 5.10 Å². The van der Waals surface area contributed by atoms with E-state index in [-0.39, 0.29) is 23.7 Å². The standard InChI is InChI=1S/C9H17N5O3S/c1-3-12-18(16,17)5-4-11-9(15)8-7(10)6(2)13-14-8/h12H,3-5,10H2,1-2H3,(H,11,15)(H,13,14). The van der Waals surface area contributed by atoms with E-state index in [4.69, 9.17) is 5.73 Å². The van der Waals surface area contributed by atoms with Gasteiger partial charge in [-0.05, 0) is 6.92 Å². The summed E-state index contributed by atoms with van der Waals surface area (Å²) in [6.45, 7) is 3.69. The van der Waals surface area contributed by atoms with Crippen molar-refractivity contribution in [1.82, 2.24) is 20.2 Å². The lowest BCUT2D eigenvalue weighted by Crippen LogP contribution is -2.34. The molecule has 0 saturated heterocycles. The minimum atomic E-state index is -3.34. The highest BCUT2D eigenvalue weighted by atomic mass is 32.2. The molecule has 0 saturated carbocycles. The number of nitrogens with zero attached hydrogens (tertiary/aromatic N) is 1. The molecule has 0 unspecified atom stereocenters. The predicted molar refractivity (Wildman–Crippen MR) is 67.5 cm³/mol. The van der Waals surface area contributed by atoms with Crippen molar-refractivity contribution in [3.8, 4) is 0 Å². The fourth-order valence-electron chi connectivity index (χ4n) is 1.29. The Morgan fingerprint density at radius 3 is 2.67 bits per heavy atom. The molecule has 5 N–H and O–H groups in total. The summed E-state index contributed by atoms with van der Waals surface area (Å²) in [6.07, 6.45) is 0. The van der Waals surface area contributed by atoms with Gasteiger partial charge in [0.15, 0.2) is 5.69 Å². The van der Waals surface area contributed by atoms with Crippen LogP contribution in [0.2, 0.25) is 0 Å². The number of carbonyl (C=O) groups excluding carboxylic acids is 1. The van der Waals surface area contributed by atoms with Crippen molar-refractivity contribution in [3.05, 3.63) is 11.4 Å². The van der Waals surface area contributed by atoms with Crippen LogP contribution in [0.4, 0.5) is 5.69 Å². The second kappa shape index (κ2) is 5.83. The zero-order valence-corrected chi connectivity index (χ0v) is 11.1. The molecule has 1 heterocycles. The van der Waals surface area contributed by atoms with Crippen LogP contribution < -0.4 is 15.8 Å². The molecule has 0 spiro atoms. The molecule has 0 aliphatic carbocycles. The van der Waals surface area contributed by atoms with Crippen LogP contribution in [0, 0.1) is 6.92 Å². The third-order valence-electron chi connectivity index (χ3n) is 2.23. The summed E-state index contributed by atoms with van der Waals surface area (Å²) in [5, 5.41) is 8.76. The maximum absolute atomic E-state index is 11.6. The molecule has 0 aliphatic heterocycles. The maximum atomic E-state index is 11.6. The Bertz CT molecular complexity index is 522. The highest BCUT2D eigenvalue weighted by molar-refractivity contribution is 7.89. The number of nitrogens with two attached hydrogens (primary N) is 1. The molecule has 1 amide bonds. The molecule has 1 aromatic rings. The molecule has 9 heteroatoms. The number of rotatable bonds is 6. The summed E-state index contributed by atoms with van der Waals surface area (Å²) in [5.41, 5.74) is 6.56. The maximum Gasteiger partial charge on any atom is 0.273 e. The van der Waals surface area contributed by atoms with Crippen molar-refractivity contribution in [2.24, 2.45) is 0 Å². The van der Waals surface area contributed by atoms with Gasteiger partial charge >= 0.3 is 0 Å². The number of aromatic nitrogens is 2. The average molecular weight is 275 g/mol. The van der Waals surface area contributed by atoms with Gasteiger partial charge in [-0.1, -0.05) is 6.92 Å². The molecule has 0 bridgehead atoms. The minimum absolute atomic E-state index is 0.000482. The second-order valence-corrected chi connectivity index (χ2v) is 5.61. The van der Waals surface area contributed by atoms with E-state index in [1.165, 1.54) is 0 Å². The minimum Gasteiger partial charge on any atom is -0.395 e. The lowest BCUT2D eigenvalue weighted by Gasteiger charge is -2.05. The Morgan fingerprint density at radius 1 is 1.50 bits per heavy atom. The number of hydrogen-bond acceptors (Lipinski definition) is 5. The Labute approximate surface area is 105 Å². The van der Waals surface area contributed by atoms with Gasteiger partial charge in [0.1, 0.15) is 0 Å². The zero-order valence-electron chi connectivity index (χ0n) is 10.3. The predicted octanol–water partition coefficient (Wildman–Crippen LogP) is -1.03. The molecular formula is C9H17N5O3S. The average Bonchev–Trinajstić information content (AvgIpc) is 2.59. The van der Waals surface area contributed by atoms with E-state index in [0.29, 0.717) is 12.2 Å². The lowest BCUT2D eigenvalue weighted by molar-refractivity contribution is 0.0952. The van der Waals surface area contributed by atoms with Gasteiger partial charge < -0.3 is 11.1 Å². The highest BCUT2D eigenvalue weighted by Crippen LogP contribution is 2.11. The van der Waals surface area contributed by atoms with Crippen LogP contribution in [0.15, 0.2) is 0 Å². The van der Waals surface area contributed by atoms with Crippen molar-refractivity contribution in [2.75, 3.05) is 24.6 Å². The summed E-state index contributed by atoms with van der Waals surface area (Å²) in [7, 11) is -3.34. The molecule has 0 fully saturated rings. The fraction of sp³-hybridized carbons (Fsp3) is 0.556. The van der Waals surface area contributed by atoms with E-state index in [0.717, 1.165) is 0 Å². The normalized spacial score (nSPS) is 11.4. The first-order chi connectivity index (χ1) is 8.37. The van der Waals surface area contributed by atoms with Crippen LogP contribution in [-0.2, 0) is 10.0 Å². The van der Waals surface area contributed by atoms with Gasteiger partial charge in [0.2, 0.25) is 10.0 Å². The van der Waals surface area contributed by atoms with E-state index >= 15 is 0 Å². The quantitative estimate of drug-likeness (QED) is 0.527. The summed E-state index contributed by atoms with van der Waals surface area (Å²) in [4.78, 5) is 11.6. The van der Waals surface area contributed by atoms with Gasteiger partial charge in [0, 0.05) is 13.1 Å². The molecule has 1 aromatic heterocycles. The Hall–Kier alpha value is -1.61. The van der Waals surface area contributed by atoms with E-state index in [1.54, 1.807) is 13.8 Å². The SMILES string of the molecule is CCNS(=O)(=O)CCNC(=O)c1n[nH]c(C)c1N. The van der Waals surface area contributed by atoms with E-state index in [2.05, 4.69) is 20.2 Å². The van der Waals surface area contributed by atoms with E-state index < -0.39 is 15.9 Å². The first kappa shape index (κ1) is 14.5. The first-order valence-corrected chi connectivity index (χ1v) is 7.08. The number of hydrogen-bond donors (Lipinski definition) is 4. The molecule has 0 atom stereocenters. The molecule has 1 rings (SSSR count). The zero-order chi connectivity index (χ0) is 13.8. The summed E-state index contributed by atoms with van der Waals surface area (Å²) >= 11 is 0. The van der Waals surface area contributed by atoms with Crippen LogP contribution >= 0.6 is 0 Å². The van der Waals surface area contributed by atoms with Crippen LogP contribution in [-0.4, -0.2) is 43.4 Å². The number of anilines is 1. The van der Waals surface area contributed by atoms with Crippen molar-refractivity contribution in [2.45, 2.75) is 13.8 Å². The van der Waals surface area contributed by atoms with Crippen LogP contribution in [0.3, 0.4) is 0 Å². The molecule has 0 aromatic carbocycles. The first-order valence-electron chi connectivity index (χ1n) is 5.43. The Balaban J connectivity index is 2.50. The number of H-pyrrole nitrogens is 1. The van der Waals surface area contributed by atoms with Crippen molar-refractivity contribution in [3.63, 3.8) is 0 Å². The number of carbonyl (C=O) groups is 1. The summed E-state index contributed by atoms with van der Waals surface area (Å²) in [6, 6.07) is 0. The number of aryl methyl sites for hydroxylation is 1. The van der Waals surface area contributed by atoms with Crippen molar-refractivity contribution < 1.29 is 13.2 Å². The third kappa shape index (κ3) is 3.70. The fourth-order valence-corrected chi connectivity index (χ4v) is 2.24. The van der Waals surface area contributed by atoms with Crippen molar-refractivity contribution >= 4 is 21.6 Å². The van der Waals surface area contributed by atoms with Crippen LogP contribution in [0.1, 0.15) is 23.1 Å². The van der Waals surface area contributed by atoms with Crippen LogP contribution in [0.25, 0.3) is 0 Å². The largest absolute Gasteiger partial charge is 0.395 e. The van der Waals surface area contributed by atoms with Gasteiger partial charge in [0.05, 0.1) is 17.1 Å². The summed E-state index contributed by atoms with van der Waals surface area (Å²) in [5.74, 6) is -0.681. The molecule has 18 heavy (non-hydrogen) atoms. The smallest absolute Gasteiger partial charge is 0.273 e. The molecular weight excluding hydrogens is 258 g/mol. The highest BCUT2D eigenvalue weighted by Gasteiger charge is 2.16. The monoisotopic (exact) mass is 275 g/mol. The van der Waals surface area contributed by atoms with Gasteiger partial charge in [-0.15, -0.1) is 0 Å². The number of nitrogen functional groups attached to an aromatic ring is 1. The Morgan fingerprint density at radius 2 is 2.17 bits per heavy atom. The number of amides is 1. The lowest BCUT2D eigenvalue weighted by atomic mass is 10.3. The second-order valence-electron chi connectivity index (χ2n) is 3.68. The van der Waals surface area contributed by atoms with Gasteiger partial charge in [-0.25, -0.2) is 13.1 Å². The molecule has 0 aliphatic rings. The van der Waals surface area contributed by atoms with E-state index in [9.17, 15) is 13.2 Å². The Kier molecular flexibility index (Phi) is 4.68. The number of sulfonamides is 1. The summed E-state index contributed by atoms with van der Waals surface area (Å²) < 4.78 is 24.9. The van der Waals surface area contributed by atoms with E-state index in [1.807, 2.05) is 0 Å². The van der Waals surface area contributed by atoms with Gasteiger partial charge in [-0.3, -0.25) is 9.89 Å². The van der Waals surface area contributed by atoms with Crippen molar-refractivity contribution in [1.29, 1.82) is 0 Å². The molecule has 8 nitrogen and oxygen atoms in total.